The van der Waals surface area contributed by atoms with Gasteiger partial charge in [-0.25, -0.2) is 0 Å². The van der Waals surface area contributed by atoms with Crippen LogP contribution in [0.1, 0.15) is 66.2 Å². The van der Waals surface area contributed by atoms with Crippen LogP contribution in [0, 0.1) is 10.8 Å². The van der Waals surface area contributed by atoms with Crippen LogP contribution in [0.15, 0.2) is 0 Å². The van der Waals surface area contributed by atoms with Gasteiger partial charge in [0.15, 0.2) is 0 Å². The third-order valence-electron chi connectivity index (χ3n) is 3.80. The highest BCUT2D eigenvalue weighted by atomic mass is 16.1. The molecule has 0 aliphatic heterocycles. The highest BCUT2D eigenvalue weighted by Crippen LogP contribution is 2.49. The van der Waals surface area contributed by atoms with Crippen molar-refractivity contribution in [2.45, 2.75) is 66.2 Å². The maximum Gasteiger partial charge on any atom is 0.135 e. The third-order valence-corrected chi connectivity index (χ3v) is 3.80. The summed E-state index contributed by atoms with van der Waals surface area (Å²) in [5, 5.41) is 0. The number of carbonyl (C=O) groups is 1. The first-order valence-corrected chi connectivity index (χ1v) is 5.93. The predicted molar refractivity (Wildman–Crippen MR) is 60.3 cm³/mol. The molecule has 1 atom stereocenters. The molecule has 1 aliphatic rings. The molecule has 0 N–H and O–H groups in total. The van der Waals surface area contributed by atoms with Gasteiger partial charge < -0.3 is 0 Å². The third kappa shape index (κ3) is 2.37. The van der Waals surface area contributed by atoms with Crippen LogP contribution in [0.5, 0.6) is 0 Å². The van der Waals surface area contributed by atoms with E-state index in [0.717, 1.165) is 25.7 Å². The molecule has 0 aromatic rings. The SMILES string of the molecule is CCCC1(C(C)=O)CCCC(C)(C)C1. The zero-order valence-corrected chi connectivity index (χ0v) is 10.2. The number of hydrogen-bond donors (Lipinski definition) is 0. The summed E-state index contributed by atoms with van der Waals surface area (Å²) in [6.45, 7) is 8.59. The minimum atomic E-state index is 0.0243. The van der Waals surface area contributed by atoms with Crippen LogP contribution in [0.4, 0.5) is 0 Å². The molecule has 1 saturated carbocycles. The van der Waals surface area contributed by atoms with Gasteiger partial charge in [-0.05, 0) is 38.0 Å². The molecular weight excluding hydrogens is 172 g/mol. The number of carbonyl (C=O) groups excluding carboxylic acids is 1. The molecule has 1 aliphatic carbocycles. The number of Topliss-reactive ketones (excluding diaryl/α,β-unsaturated/α-hetero) is 1. The van der Waals surface area contributed by atoms with Crippen LogP contribution in [-0.4, -0.2) is 5.78 Å². The van der Waals surface area contributed by atoms with E-state index < -0.39 is 0 Å². The Morgan fingerprint density at radius 1 is 1.29 bits per heavy atom. The lowest BCUT2D eigenvalue weighted by atomic mass is 9.60. The Kier molecular flexibility index (Phi) is 3.39. The molecule has 0 heterocycles. The van der Waals surface area contributed by atoms with Crippen molar-refractivity contribution in [2.75, 3.05) is 0 Å². The maximum absolute atomic E-state index is 11.8. The summed E-state index contributed by atoms with van der Waals surface area (Å²) in [7, 11) is 0. The van der Waals surface area contributed by atoms with Gasteiger partial charge in [0.25, 0.3) is 0 Å². The highest BCUT2D eigenvalue weighted by Gasteiger charge is 2.42. The summed E-state index contributed by atoms with van der Waals surface area (Å²) < 4.78 is 0. The van der Waals surface area contributed by atoms with E-state index in [9.17, 15) is 4.79 Å². The second-order valence-corrected chi connectivity index (χ2v) is 5.78. The normalized spacial score (nSPS) is 31.4. The Bertz CT molecular complexity index is 213. The molecule has 1 heteroatoms. The highest BCUT2D eigenvalue weighted by molar-refractivity contribution is 5.82. The van der Waals surface area contributed by atoms with E-state index in [4.69, 9.17) is 0 Å². The smallest absolute Gasteiger partial charge is 0.135 e. The zero-order valence-electron chi connectivity index (χ0n) is 10.2. The van der Waals surface area contributed by atoms with Crippen molar-refractivity contribution in [3.05, 3.63) is 0 Å². The summed E-state index contributed by atoms with van der Waals surface area (Å²) in [5.41, 5.74) is 0.398. The van der Waals surface area contributed by atoms with Crippen LogP contribution in [0.3, 0.4) is 0 Å². The van der Waals surface area contributed by atoms with Crippen LogP contribution in [0.2, 0.25) is 0 Å². The summed E-state index contributed by atoms with van der Waals surface area (Å²) in [5.74, 6) is 0.423. The molecule has 0 aromatic carbocycles. The first kappa shape index (κ1) is 11.7. The summed E-state index contributed by atoms with van der Waals surface area (Å²) >= 11 is 0. The largest absolute Gasteiger partial charge is 0.299 e. The molecule has 0 aromatic heterocycles. The predicted octanol–water partition coefficient (Wildman–Crippen LogP) is 3.96. The molecule has 0 bridgehead atoms. The quantitative estimate of drug-likeness (QED) is 0.667. The first-order valence-electron chi connectivity index (χ1n) is 5.93. The minimum absolute atomic E-state index is 0.0243. The van der Waals surface area contributed by atoms with Crippen molar-refractivity contribution in [3.63, 3.8) is 0 Å². The van der Waals surface area contributed by atoms with Crippen molar-refractivity contribution in [1.82, 2.24) is 0 Å². The monoisotopic (exact) mass is 196 g/mol. The van der Waals surface area contributed by atoms with Crippen LogP contribution >= 0.6 is 0 Å². The average molecular weight is 196 g/mol. The Hall–Kier alpha value is -0.330. The van der Waals surface area contributed by atoms with Gasteiger partial charge in [0, 0.05) is 5.41 Å². The Labute approximate surface area is 88.3 Å². The van der Waals surface area contributed by atoms with Crippen molar-refractivity contribution >= 4 is 5.78 Å². The second kappa shape index (κ2) is 4.04. The van der Waals surface area contributed by atoms with Crippen molar-refractivity contribution in [2.24, 2.45) is 10.8 Å². The molecule has 0 amide bonds. The molecule has 82 valence electrons. The van der Waals surface area contributed by atoms with Crippen LogP contribution in [-0.2, 0) is 4.79 Å². The van der Waals surface area contributed by atoms with Gasteiger partial charge in [0.2, 0.25) is 0 Å². The molecule has 1 rings (SSSR count). The Morgan fingerprint density at radius 2 is 1.93 bits per heavy atom. The maximum atomic E-state index is 11.8. The molecule has 14 heavy (non-hydrogen) atoms. The Morgan fingerprint density at radius 3 is 2.36 bits per heavy atom. The zero-order chi connectivity index (χ0) is 10.8. The van der Waals surface area contributed by atoms with Gasteiger partial charge >= 0.3 is 0 Å². The van der Waals surface area contributed by atoms with E-state index in [1.165, 1.54) is 12.8 Å². The molecule has 1 fully saturated rings. The lowest BCUT2D eigenvalue weighted by Crippen LogP contribution is -2.38. The fourth-order valence-corrected chi connectivity index (χ4v) is 3.17. The van der Waals surface area contributed by atoms with E-state index >= 15 is 0 Å². The van der Waals surface area contributed by atoms with Crippen molar-refractivity contribution in [1.29, 1.82) is 0 Å². The molecule has 0 spiro atoms. The first-order chi connectivity index (χ1) is 6.42. The molecule has 1 unspecified atom stereocenters. The lowest BCUT2D eigenvalue weighted by Gasteiger charge is -2.43. The van der Waals surface area contributed by atoms with Gasteiger partial charge in [-0.3, -0.25) is 4.79 Å². The van der Waals surface area contributed by atoms with Gasteiger partial charge in [-0.2, -0.15) is 0 Å². The lowest BCUT2D eigenvalue weighted by molar-refractivity contribution is -0.131. The molecular formula is C13H24O. The van der Waals surface area contributed by atoms with Crippen LogP contribution < -0.4 is 0 Å². The van der Waals surface area contributed by atoms with E-state index in [-0.39, 0.29) is 5.41 Å². The van der Waals surface area contributed by atoms with Crippen molar-refractivity contribution in [3.8, 4) is 0 Å². The standard InChI is InChI=1S/C13H24O/c1-5-7-13(11(2)14)9-6-8-12(3,4)10-13/h5-10H2,1-4H3. The van der Waals surface area contributed by atoms with E-state index in [1.807, 2.05) is 0 Å². The van der Waals surface area contributed by atoms with E-state index in [0.29, 0.717) is 11.2 Å². The molecule has 0 radical (unpaired) electrons. The Balaban J connectivity index is 2.82. The molecule has 0 saturated heterocycles. The van der Waals surface area contributed by atoms with Crippen LogP contribution in [0.25, 0.3) is 0 Å². The average Bonchev–Trinajstić information content (AvgIpc) is 2.02. The van der Waals surface area contributed by atoms with E-state index in [1.54, 1.807) is 6.92 Å². The van der Waals surface area contributed by atoms with Gasteiger partial charge in [0.05, 0.1) is 0 Å². The molecule has 1 nitrogen and oxygen atoms in total. The summed E-state index contributed by atoms with van der Waals surface area (Å²) in [4.78, 5) is 11.8. The number of ketones is 1. The summed E-state index contributed by atoms with van der Waals surface area (Å²) in [6, 6.07) is 0. The fraction of sp³-hybridized carbons (Fsp3) is 0.923. The number of hydrogen-bond acceptors (Lipinski definition) is 1. The number of rotatable bonds is 3. The van der Waals surface area contributed by atoms with E-state index in [2.05, 4.69) is 20.8 Å². The minimum Gasteiger partial charge on any atom is -0.299 e. The second-order valence-electron chi connectivity index (χ2n) is 5.78. The van der Waals surface area contributed by atoms with Gasteiger partial charge in [-0.1, -0.05) is 33.6 Å². The van der Waals surface area contributed by atoms with Gasteiger partial charge in [0.1, 0.15) is 5.78 Å². The summed E-state index contributed by atoms with van der Waals surface area (Å²) in [6.07, 6.45) is 6.96. The van der Waals surface area contributed by atoms with Gasteiger partial charge in [-0.15, -0.1) is 0 Å². The topological polar surface area (TPSA) is 17.1 Å². The fourth-order valence-electron chi connectivity index (χ4n) is 3.17. The van der Waals surface area contributed by atoms with Crippen molar-refractivity contribution < 1.29 is 4.79 Å².